The lowest BCUT2D eigenvalue weighted by atomic mass is 9.92. The van der Waals surface area contributed by atoms with Crippen LogP contribution >= 0.6 is 0 Å². The van der Waals surface area contributed by atoms with Gasteiger partial charge in [-0.15, -0.1) is 0 Å². The standard InChI is InChI=1S/C14H16N2O/c1-15-13(11-6-8-17-9-11)12-5-4-10-3-2-7-16-14(10)12/h2-3,6-9,12-13,15H,4-5H2,1H3. The van der Waals surface area contributed by atoms with Gasteiger partial charge in [-0.3, -0.25) is 4.98 Å². The summed E-state index contributed by atoms with van der Waals surface area (Å²) in [6, 6.07) is 6.53. The highest BCUT2D eigenvalue weighted by atomic mass is 16.3. The van der Waals surface area contributed by atoms with Crippen LogP contribution in [0.5, 0.6) is 0 Å². The molecule has 2 unspecified atom stereocenters. The topological polar surface area (TPSA) is 38.1 Å². The zero-order valence-corrected chi connectivity index (χ0v) is 9.89. The Morgan fingerprint density at radius 2 is 2.41 bits per heavy atom. The Morgan fingerprint density at radius 3 is 3.18 bits per heavy atom. The highest BCUT2D eigenvalue weighted by molar-refractivity contribution is 5.32. The summed E-state index contributed by atoms with van der Waals surface area (Å²) < 4.78 is 5.18. The molecule has 0 radical (unpaired) electrons. The minimum Gasteiger partial charge on any atom is -0.472 e. The highest BCUT2D eigenvalue weighted by Gasteiger charge is 2.31. The van der Waals surface area contributed by atoms with Crippen LogP contribution in [0.25, 0.3) is 0 Å². The molecule has 0 bridgehead atoms. The summed E-state index contributed by atoms with van der Waals surface area (Å²) >= 11 is 0. The van der Waals surface area contributed by atoms with Crippen LogP contribution in [0.4, 0.5) is 0 Å². The molecule has 3 nitrogen and oxygen atoms in total. The van der Waals surface area contributed by atoms with Crippen molar-refractivity contribution in [2.75, 3.05) is 7.05 Å². The van der Waals surface area contributed by atoms with E-state index in [1.54, 1.807) is 6.26 Å². The number of nitrogens with zero attached hydrogens (tertiary/aromatic N) is 1. The molecule has 0 aromatic carbocycles. The molecule has 2 atom stereocenters. The van der Waals surface area contributed by atoms with Gasteiger partial charge in [0.1, 0.15) is 0 Å². The fraction of sp³-hybridized carbons (Fsp3) is 0.357. The van der Waals surface area contributed by atoms with E-state index in [0.717, 1.165) is 12.8 Å². The number of fused-ring (bicyclic) bond motifs is 1. The zero-order valence-electron chi connectivity index (χ0n) is 9.89. The van der Waals surface area contributed by atoms with E-state index in [1.165, 1.54) is 16.8 Å². The van der Waals surface area contributed by atoms with Crippen LogP contribution in [-0.2, 0) is 6.42 Å². The van der Waals surface area contributed by atoms with Crippen molar-refractivity contribution in [1.29, 1.82) is 0 Å². The molecule has 0 aliphatic heterocycles. The second kappa shape index (κ2) is 4.34. The molecule has 2 aromatic heterocycles. The second-order valence-electron chi connectivity index (χ2n) is 4.52. The second-order valence-corrected chi connectivity index (χ2v) is 4.52. The number of likely N-dealkylation sites (N-methyl/N-ethyl adjacent to an activating group) is 1. The fourth-order valence-corrected chi connectivity index (χ4v) is 2.82. The fourth-order valence-electron chi connectivity index (χ4n) is 2.82. The molecule has 3 rings (SSSR count). The number of pyridine rings is 1. The smallest absolute Gasteiger partial charge is 0.0950 e. The van der Waals surface area contributed by atoms with Gasteiger partial charge in [-0.2, -0.15) is 0 Å². The van der Waals surface area contributed by atoms with E-state index < -0.39 is 0 Å². The van der Waals surface area contributed by atoms with Crippen LogP contribution in [0.3, 0.4) is 0 Å². The molecular weight excluding hydrogens is 212 g/mol. The van der Waals surface area contributed by atoms with Crippen molar-refractivity contribution >= 4 is 0 Å². The Hall–Kier alpha value is -1.61. The number of aromatic nitrogens is 1. The maximum Gasteiger partial charge on any atom is 0.0950 e. The average molecular weight is 228 g/mol. The van der Waals surface area contributed by atoms with Crippen molar-refractivity contribution in [1.82, 2.24) is 10.3 Å². The summed E-state index contributed by atoms with van der Waals surface area (Å²) in [7, 11) is 2.00. The van der Waals surface area contributed by atoms with E-state index in [-0.39, 0.29) is 0 Å². The van der Waals surface area contributed by atoms with Gasteiger partial charge in [0, 0.05) is 29.4 Å². The Balaban J connectivity index is 1.95. The zero-order chi connectivity index (χ0) is 11.7. The summed E-state index contributed by atoms with van der Waals surface area (Å²) in [6.45, 7) is 0. The molecule has 0 saturated carbocycles. The molecule has 1 aliphatic carbocycles. The lowest BCUT2D eigenvalue weighted by Crippen LogP contribution is -2.22. The quantitative estimate of drug-likeness (QED) is 0.877. The molecule has 88 valence electrons. The van der Waals surface area contributed by atoms with Gasteiger partial charge in [0.25, 0.3) is 0 Å². The normalized spacial score (nSPS) is 20.2. The predicted octanol–water partition coefficient (Wildman–Crippen LogP) is 2.67. The molecule has 2 heterocycles. The van der Waals surface area contributed by atoms with E-state index >= 15 is 0 Å². The van der Waals surface area contributed by atoms with Crippen molar-refractivity contribution in [3.05, 3.63) is 53.7 Å². The van der Waals surface area contributed by atoms with E-state index in [1.807, 2.05) is 31.6 Å². The first-order valence-corrected chi connectivity index (χ1v) is 6.03. The van der Waals surface area contributed by atoms with Crippen LogP contribution in [0.1, 0.15) is 35.2 Å². The molecule has 0 spiro atoms. The monoisotopic (exact) mass is 228 g/mol. The van der Waals surface area contributed by atoms with Crippen molar-refractivity contribution in [3.63, 3.8) is 0 Å². The predicted molar refractivity (Wildman–Crippen MR) is 65.8 cm³/mol. The SMILES string of the molecule is CNC(c1ccoc1)C1CCc2cccnc21. The number of nitrogens with one attached hydrogen (secondary N) is 1. The molecule has 1 N–H and O–H groups in total. The van der Waals surface area contributed by atoms with Gasteiger partial charge in [0.05, 0.1) is 12.5 Å². The molecule has 17 heavy (non-hydrogen) atoms. The Kier molecular flexibility index (Phi) is 2.69. The maximum atomic E-state index is 5.18. The summed E-state index contributed by atoms with van der Waals surface area (Å²) in [6.07, 6.45) is 7.72. The van der Waals surface area contributed by atoms with Crippen molar-refractivity contribution in [3.8, 4) is 0 Å². The Bertz CT molecular complexity index is 493. The number of furan rings is 1. The maximum absolute atomic E-state index is 5.18. The third-order valence-corrected chi connectivity index (χ3v) is 3.62. The molecule has 2 aromatic rings. The minimum atomic E-state index is 0.296. The van der Waals surface area contributed by atoms with Crippen molar-refractivity contribution < 1.29 is 4.42 Å². The van der Waals surface area contributed by atoms with Gasteiger partial charge in [0.15, 0.2) is 0 Å². The first-order valence-electron chi connectivity index (χ1n) is 6.03. The number of aryl methyl sites for hydroxylation is 1. The van der Waals surface area contributed by atoms with E-state index in [0.29, 0.717) is 12.0 Å². The van der Waals surface area contributed by atoms with E-state index in [9.17, 15) is 0 Å². The van der Waals surface area contributed by atoms with E-state index in [2.05, 4.69) is 16.4 Å². The Morgan fingerprint density at radius 1 is 1.47 bits per heavy atom. The van der Waals surface area contributed by atoms with Gasteiger partial charge < -0.3 is 9.73 Å². The van der Waals surface area contributed by atoms with Crippen LogP contribution in [0.15, 0.2) is 41.3 Å². The summed E-state index contributed by atoms with van der Waals surface area (Å²) in [4.78, 5) is 4.55. The molecule has 0 fully saturated rings. The van der Waals surface area contributed by atoms with Gasteiger partial charge >= 0.3 is 0 Å². The molecule has 0 saturated heterocycles. The highest BCUT2D eigenvalue weighted by Crippen LogP contribution is 2.40. The lowest BCUT2D eigenvalue weighted by molar-refractivity contribution is 0.462. The lowest BCUT2D eigenvalue weighted by Gasteiger charge is -2.22. The van der Waals surface area contributed by atoms with Crippen LogP contribution in [0.2, 0.25) is 0 Å². The van der Waals surface area contributed by atoms with Crippen molar-refractivity contribution in [2.24, 2.45) is 0 Å². The Labute approximate surface area is 101 Å². The van der Waals surface area contributed by atoms with Gasteiger partial charge in [0.2, 0.25) is 0 Å². The van der Waals surface area contributed by atoms with Crippen molar-refractivity contribution in [2.45, 2.75) is 24.8 Å². The first-order chi connectivity index (χ1) is 8.40. The largest absolute Gasteiger partial charge is 0.472 e. The minimum absolute atomic E-state index is 0.296. The van der Waals surface area contributed by atoms with Gasteiger partial charge in [-0.25, -0.2) is 0 Å². The third kappa shape index (κ3) is 1.76. The number of hydrogen-bond acceptors (Lipinski definition) is 3. The summed E-state index contributed by atoms with van der Waals surface area (Å²) in [5.41, 5.74) is 3.84. The number of hydrogen-bond donors (Lipinski definition) is 1. The average Bonchev–Trinajstić information content (AvgIpc) is 3.01. The van der Waals surface area contributed by atoms with E-state index in [4.69, 9.17) is 4.42 Å². The van der Waals surface area contributed by atoms with Gasteiger partial charge in [-0.1, -0.05) is 6.07 Å². The molecule has 3 heteroatoms. The summed E-state index contributed by atoms with van der Waals surface area (Å²) in [5, 5.41) is 3.39. The molecular formula is C14H16N2O. The molecule has 0 amide bonds. The molecule has 1 aliphatic rings. The van der Waals surface area contributed by atoms with Crippen LogP contribution < -0.4 is 5.32 Å². The summed E-state index contributed by atoms with van der Waals surface area (Å²) in [5.74, 6) is 0.453. The van der Waals surface area contributed by atoms with Gasteiger partial charge in [-0.05, 0) is 37.6 Å². The number of rotatable bonds is 3. The first kappa shape index (κ1) is 10.5. The van der Waals surface area contributed by atoms with Crippen LogP contribution in [-0.4, -0.2) is 12.0 Å². The third-order valence-electron chi connectivity index (χ3n) is 3.62. The van der Waals surface area contributed by atoms with Crippen LogP contribution in [0, 0.1) is 0 Å².